The van der Waals surface area contributed by atoms with E-state index in [4.69, 9.17) is 0 Å². The molecule has 0 atom stereocenters. The third kappa shape index (κ3) is 3.48. The number of carboxylic acid groups (broad SMARTS) is 1. The van der Waals surface area contributed by atoms with Gasteiger partial charge in [-0.3, -0.25) is 0 Å². The lowest BCUT2D eigenvalue weighted by molar-refractivity contribution is 0.0721. The molecule has 94 valence electrons. The summed E-state index contributed by atoms with van der Waals surface area (Å²) in [5.74, 6) is 0. The van der Waals surface area contributed by atoms with E-state index in [9.17, 15) is 9.90 Å². The van der Waals surface area contributed by atoms with Gasteiger partial charge in [-0.2, -0.15) is 0 Å². The maximum Gasteiger partial charge on any atom is 0.407 e. The molecule has 0 aromatic heterocycles. The number of carbonyl (C=O) groups is 1. The number of nitrogens with zero attached hydrogens (tertiary/aromatic N) is 1. The average Bonchev–Trinajstić information content (AvgIpc) is 2.15. The minimum atomic E-state index is -0.860. The highest BCUT2D eigenvalue weighted by molar-refractivity contribution is 5.66. The summed E-state index contributed by atoms with van der Waals surface area (Å²) in [5.41, 5.74) is 0.755. The summed E-state index contributed by atoms with van der Waals surface area (Å²) in [6, 6.07) is 9.96. The molecule has 3 heteroatoms. The molecule has 1 aromatic carbocycles. The van der Waals surface area contributed by atoms with E-state index in [1.807, 2.05) is 58.0 Å². The van der Waals surface area contributed by atoms with Crippen molar-refractivity contribution in [3.05, 3.63) is 35.9 Å². The van der Waals surface area contributed by atoms with Crippen LogP contribution < -0.4 is 0 Å². The summed E-state index contributed by atoms with van der Waals surface area (Å²) in [6.07, 6.45) is -0.140. The Bertz CT molecular complexity index is 371. The van der Waals surface area contributed by atoms with Gasteiger partial charge in [0, 0.05) is 11.6 Å². The molecule has 1 amide bonds. The topological polar surface area (TPSA) is 40.5 Å². The molecular weight excluding hydrogens is 214 g/mol. The highest BCUT2D eigenvalue weighted by Crippen LogP contribution is 2.23. The van der Waals surface area contributed by atoms with Crippen LogP contribution in [0.15, 0.2) is 30.3 Å². The summed E-state index contributed by atoms with van der Waals surface area (Å²) >= 11 is 0. The molecule has 1 N–H and O–H groups in total. The molecule has 0 spiro atoms. The van der Waals surface area contributed by atoms with Gasteiger partial charge in [-0.05, 0) is 39.7 Å². The number of hydrogen-bond donors (Lipinski definition) is 1. The molecule has 0 radical (unpaired) electrons. The quantitative estimate of drug-likeness (QED) is 0.869. The van der Waals surface area contributed by atoms with Gasteiger partial charge in [0.15, 0.2) is 0 Å². The van der Waals surface area contributed by atoms with E-state index < -0.39 is 11.6 Å². The first-order valence-corrected chi connectivity index (χ1v) is 5.91. The first-order valence-electron chi connectivity index (χ1n) is 5.91. The lowest BCUT2D eigenvalue weighted by atomic mass is 9.92. The second kappa shape index (κ2) is 5.21. The first-order chi connectivity index (χ1) is 7.84. The van der Waals surface area contributed by atoms with Crippen LogP contribution in [-0.4, -0.2) is 27.7 Å². The molecule has 0 saturated heterocycles. The van der Waals surface area contributed by atoms with Crippen molar-refractivity contribution in [1.29, 1.82) is 0 Å². The Morgan fingerprint density at radius 2 is 1.82 bits per heavy atom. The van der Waals surface area contributed by atoms with E-state index in [0.29, 0.717) is 0 Å². The summed E-state index contributed by atoms with van der Waals surface area (Å²) < 4.78 is 0. The molecule has 0 heterocycles. The highest BCUT2D eigenvalue weighted by Gasteiger charge is 2.32. The molecule has 3 nitrogen and oxygen atoms in total. The lowest BCUT2D eigenvalue weighted by Crippen LogP contribution is -2.52. The maximum absolute atomic E-state index is 11.3. The fourth-order valence-corrected chi connectivity index (χ4v) is 2.36. The van der Waals surface area contributed by atoms with Crippen molar-refractivity contribution in [2.24, 2.45) is 0 Å². The average molecular weight is 235 g/mol. The fraction of sp³-hybridized carbons (Fsp3) is 0.500. The Morgan fingerprint density at radius 1 is 1.29 bits per heavy atom. The highest BCUT2D eigenvalue weighted by atomic mass is 16.4. The summed E-state index contributed by atoms with van der Waals surface area (Å²) in [6.45, 7) is 7.74. The molecule has 0 aliphatic heterocycles. The minimum Gasteiger partial charge on any atom is -0.465 e. The van der Waals surface area contributed by atoms with E-state index in [0.717, 1.165) is 12.0 Å². The van der Waals surface area contributed by atoms with Crippen molar-refractivity contribution < 1.29 is 9.90 Å². The Kier molecular flexibility index (Phi) is 4.16. The fourth-order valence-electron chi connectivity index (χ4n) is 2.36. The monoisotopic (exact) mass is 235 g/mol. The minimum absolute atomic E-state index is 0.0220. The Labute approximate surface area is 103 Å². The predicted octanol–water partition coefficient (Wildman–Crippen LogP) is 3.40. The summed E-state index contributed by atoms with van der Waals surface area (Å²) in [4.78, 5) is 12.8. The van der Waals surface area contributed by atoms with Crippen molar-refractivity contribution in [2.75, 3.05) is 0 Å². The zero-order chi connectivity index (χ0) is 13.1. The summed E-state index contributed by atoms with van der Waals surface area (Å²) in [7, 11) is 0. The van der Waals surface area contributed by atoms with Gasteiger partial charge < -0.3 is 10.0 Å². The van der Waals surface area contributed by atoms with Crippen LogP contribution in [0, 0.1) is 0 Å². The number of rotatable bonds is 4. The van der Waals surface area contributed by atoms with Gasteiger partial charge in [-0.25, -0.2) is 4.79 Å². The van der Waals surface area contributed by atoms with Crippen molar-refractivity contribution in [3.8, 4) is 0 Å². The van der Waals surface area contributed by atoms with Gasteiger partial charge in [0.2, 0.25) is 0 Å². The summed E-state index contributed by atoms with van der Waals surface area (Å²) in [5, 5.41) is 9.28. The van der Waals surface area contributed by atoms with Crippen molar-refractivity contribution in [2.45, 2.75) is 45.7 Å². The lowest BCUT2D eigenvalue weighted by Gasteiger charge is -2.39. The van der Waals surface area contributed by atoms with Crippen LogP contribution in [0.3, 0.4) is 0 Å². The van der Waals surface area contributed by atoms with E-state index >= 15 is 0 Å². The van der Waals surface area contributed by atoms with Crippen LogP contribution in [0.2, 0.25) is 0 Å². The number of benzene rings is 1. The normalized spacial score (nSPS) is 11.6. The third-order valence-corrected chi connectivity index (χ3v) is 2.85. The van der Waals surface area contributed by atoms with Crippen LogP contribution in [0.1, 0.15) is 33.3 Å². The Hall–Kier alpha value is -1.51. The molecule has 1 aromatic rings. The SMILES string of the molecule is CC(C)N(C(=O)O)C(C)(C)Cc1ccccc1. The van der Waals surface area contributed by atoms with Crippen LogP contribution in [0.5, 0.6) is 0 Å². The third-order valence-electron chi connectivity index (χ3n) is 2.85. The van der Waals surface area contributed by atoms with Crippen LogP contribution >= 0.6 is 0 Å². The second-order valence-corrected chi connectivity index (χ2v) is 5.22. The molecule has 0 bridgehead atoms. The van der Waals surface area contributed by atoms with Crippen molar-refractivity contribution in [1.82, 2.24) is 4.90 Å². The van der Waals surface area contributed by atoms with E-state index in [2.05, 4.69) is 0 Å². The molecule has 0 saturated carbocycles. The van der Waals surface area contributed by atoms with E-state index in [-0.39, 0.29) is 6.04 Å². The standard InChI is InChI=1S/C14H21NO2/c1-11(2)15(13(16)17)14(3,4)10-12-8-6-5-7-9-12/h5-9,11H,10H2,1-4H3,(H,16,17). The van der Waals surface area contributed by atoms with Gasteiger partial charge in [-0.1, -0.05) is 30.3 Å². The molecule has 0 fully saturated rings. The number of amides is 1. The van der Waals surface area contributed by atoms with Crippen molar-refractivity contribution >= 4 is 6.09 Å². The largest absolute Gasteiger partial charge is 0.465 e. The molecule has 0 aliphatic carbocycles. The molecule has 0 unspecified atom stereocenters. The maximum atomic E-state index is 11.3. The zero-order valence-corrected chi connectivity index (χ0v) is 11.0. The van der Waals surface area contributed by atoms with Gasteiger partial charge in [-0.15, -0.1) is 0 Å². The van der Waals surface area contributed by atoms with E-state index in [1.165, 1.54) is 4.90 Å². The predicted molar refractivity (Wildman–Crippen MR) is 69.2 cm³/mol. The van der Waals surface area contributed by atoms with Crippen LogP contribution in [0.4, 0.5) is 4.79 Å². The number of hydrogen-bond acceptors (Lipinski definition) is 1. The smallest absolute Gasteiger partial charge is 0.407 e. The van der Waals surface area contributed by atoms with Gasteiger partial charge in [0.05, 0.1) is 0 Å². The first kappa shape index (κ1) is 13.6. The Morgan fingerprint density at radius 3 is 2.24 bits per heavy atom. The second-order valence-electron chi connectivity index (χ2n) is 5.22. The van der Waals surface area contributed by atoms with Crippen LogP contribution in [-0.2, 0) is 6.42 Å². The van der Waals surface area contributed by atoms with Gasteiger partial charge in [0.25, 0.3) is 0 Å². The zero-order valence-electron chi connectivity index (χ0n) is 11.0. The molecule has 0 aliphatic rings. The van der Waals surface area contributed by atoms with Gasteiger partial charge in [0.1, 0.15) is 0 Å². The Balaban J connectivity index is 2.89. The molecule has 17 heavy (non-hydrogen) atoms. The molecular formula is C14H21NO2. The van der Waals surface area contributed by atoms with Crippen LogP contribution in [0.25, 0.3) is 0 Å². The van der Waals surface area contributed by atoms with Crippen molar-refractivity contribution in [3.63, 3.8) is 0 Å². The van der Waals surface area contributed by atoms with E-state index in [1.54, 1.807) is 0 Å². The van der Waals surface area contributed by atoms with Gasteiger partial charge >= 0.3 is 6.09 Å². The molecule has 1 rings (SSSR count).